The van der Waals surface area contributed by atoms with Gasteiger partial charge in [-0.2, -0.15) is 0 Å². The van der Waals surface area contributed by atoms with E-state index in [1.165, 1.54) is 6.42 Å². The Morgan fingerprint density at radius 1 is 1.57 bits per heavy atom. The minimum atomic E-state index is 0.608. The zero-order valence-electron chi connectivity index (χ0n) is 8.62. The van der Waals surface area contributed by atoms with Crippen molar-refractivity contribution in [2.24, 2.45) is 0 Å². The lowest BCUT2D eigenvalue weighted by molar-refractivity contribution is 0.505. The third-order valence-corrected chi connectivity index (χ3v) is 2.65. The maximum atomic E-state index is 4.00. The van der Waals surface area contributed by atoms with Crippen molar-refractivity contribution in [3.63, 3.8) is 0 Å². The topological polar surface area (TPSA) is 29.9 Å². The highest BCUT2D eigenvalue weighted by Gasteiger charge is 1.98. The summed E-state index contributed by atoms with van der Waals surface area (Å²) in [5.74, 6) is 0. The summed E-state index contributed by atoms with van der Waals surface area (Å²) in [5.41, 5.74) is 0. The maximum Gasteiger partial charge on any atom is 0.0945 e. The average Bonchev–Trinajstić information content (AvgIpc) is 2.65. The molecule has 3 nitrogen and oxygen atoms in total. The second kappa shape index (κ2) is 7.01. The molecule has 0 amide bonds. The maximum absolute atomic E-state index is 4.00. The van der Waals surface area contributed by atoms with Crippen LogP contribution < -0.4 is 5.32 Å². The SMILES string of the molecule is CC(CCBr)NCCCn1ccnc1. The minimum absolute atomic E-state index is 0.608. The molecule has 1 heterocycles. The Bertz CT molecular complexity index is 223. The van der Waals surface area contributed by atoms with Crippen LogP contribution in [0, 0.1) is 0 Å². The van der Waals surface area contributed by atoms with Crippen LogP contribution in [-0.2, 0) is 6.54 Å². The first-order chi connectivity index (χ1) is 6.83. The molecule has 0 aliphatic rings. The average molecular weight is 260 g/mol. The van der Waals surface area contributed by atoms with Crippen LogP contribution in [0.3, 0.4) is 0 Å². The molecule has 1 rings (SSSR count). The number of aryl methyl sites for hydroxylation is 1. The first-order valence-corrected chi connectivity index (χ1v) is 6.20. The normalized spacial score (nSPS) is 13.0. The fourth-order valence-electron chi connectivity index (χ4n) is 1.29. The molecule has 1 unspecified atom stereocenters. The van der Waals surface area contributed by atoms with Crippen LogP contribution in [0.15, 0.2) is 18.7 Å². The van der Waals surface area contributed by atoms with Crippen LogP contribution in [0.2, 0.25) is 0 Å². The van der Waals surface area contributed by atoms with Gasteiger partial charge in [0, 0.05) is 30.3 Å². The molecule has 0 saturated heterocycles. The Balaban J connectivity index is 1.99. The van der Waals surface area contributed by atoms with Gasteiger partial charge in [-0.05, 0) is 26.3 Å². The molecule has 1 atom stereocenters. The van der Waals surface area contributed by atoms with Crippen LogP contribution in [-0.4, -0.2) is 27.5 Å². The van der Waals surface area contributed by atoms with E-state index in [4.69, 9.17) is 0 Å². The predicted octanol–water partition coefficient (Wildman–Crippen LogP) is 2.04. The first kappa shape index (κ1) is 11.7. The van der Waals surface area contributed by atoms with Gasteiger partial charge >= 0.3 is 0 Å². The molecule has 0 radical (unpaired) electrons. The predicted molar refractivity (Wildman–Crippen MR) is 62.7 cm³/mol. The Labute approximate surface area is 94.0 Å². The van der Waals surface area contributed by atoms with Crippen molar-refractivity contribution in [2.75, 3.05) is 11.9 Å². The van der Waals surface area contributed by atoms with Gasteiger partial charge in [-0.25, -0.2) is 4.98 Å². The number of rotatable bonds is 7. The summed E-state index contributed by atoms with van der Waals surface area (Å²) in [6, 6.07) is 0.608. The van der Waals surface area contributed by atoms with Crippen LogP contribution >= 0.6 is 15.9 Å². The quantitative estimate of drug-likeness (QED) is 0.600. The number of nitrogens with one attached hydrogen (secondary N) is 1. The van der Waals surface area contributed by atoms with Crippen LogP contribution in [0.5, 0.6) is 0 Å². The highest BCUT2D eigenvalue weighted by molar-refractivity contribution is 9.09. The van der Waals surface area contributed by atoms with Gasteiger partial charge in [0.25, 0.3) is 0 Å². The van der Waals surface area contributed by atoms with Gasteiger partial charge in [-0.1, -0.05) is 15.9 Å². The summed E-state index contributed by atoms with van der Waals surface area (Å²) in [7, 11) is 0. The molecule has 0 spiro atoms. The van der Waals surface area contributed by atoms with Crippen molar-refractivity contribution in [1.29, 1.82) is 0 Å². The van der Waals surface area contributed by atoms with E-state index in [9.17, 15) is 0 Å². The summed E-state index contributed by atoms with van der Waals surface area (Å²) >= 11 is 3.44. The Morgan fingerprint density at radius 2 is 2.43 bits per heavy atom. The molecule has 1 aromatic heterocycles. The van der Waals surface area contributed by atoms with Gasteiger partial charge in [-0.3, -0.25) is 0 Å². The van der Waals surface area contributed by atoms with Crippen LogP contribution in [0.4, 0.5) is 0 Å². The van der Waals surface area contributed by atoms with E-state index < -0.39 is 0 Å². The third kappa shape index (κ3) is 4.77. The molecule has 0 bridgehead atoms. The van der Waals surface area contributed by atoms with Crippen molar-refractivity contribution in [3.8, 4) is 0 Å². The summed E-state index contributed by atoms with van der Waals surface area (Å²) in [5, 5.41) is 4.55. The van der Waals surface area contributed by atoms with Gasteiger partial charge in [0.05, 0.1) is 6.33 Å². The van der Waals surface area contributed by atoms with E-state index in [0.717, 1.165) is 24.8 Å². The van der Waals surface area contributed by atoms with E-state index in [2.05, 4.69) is 37.7 Å². The Hall–Kier alpha value is -0.350. The van der Waals surface area contributed by atoms with Gasteiger partial charge in [-0.15, -0.1) is 0 Å². The summed E-state index contributed by atoms with van der Waals surface area (Å²) < 4.78 is 2.11. The van der Waals surface area contributed by atoms with Gasteiger partial charge in [0.1, 0.15) is 0 Å². The van der Waals surface area contributed by atoms with Crippen molar-refractivity contribution >= 4 is 15.9 Å². The largest absolute Gasteiger partial charge is 0.337 e. The smallest absolute Gasteiger partial charge is 0.0945 e. The zero-order chi connectivity index (χ0) is 10.2. The van der Waals surface area contributed by atoms with E-state index in [1.807, 2.05) is 18.7 Å². The van der Waals surface area contributed by atoms with Crippen molar-refractivity contribution < 1.29 is 0 Å². The molecule has 0 aliphatic heterocycles. The van der Waals surface area contributed by atoms with E-state index in [1.54, 1.807) is 0 Å². The summed E-state index contributed by atoms with van der Waals surface area (Å²) in [4.78, 5) is 4.00. The fraction of sp³-hybridized carbons (Fsp3) is 0.700. The second-order valence-corrected chi connectivity index (χ2v) is 4.28. The number of nitrogens with zero attached hydrogens (tertiary/aromatic N) is 2. The summed E-state index contributed by atoms with van der Waals surface area (Å²) in [6.07, 6.45) is 8.03. The molecular weight excluding hydrogens is 242 g/mol. The van der Waals surface area contributed by atoms with Crippen molar-refractivity contribution in [1.82, 2.24) is 14.9 Å². The van der Waals surface area contributed by atoms with Crippen LogP contribution in [0.25, 0.3) is 0 Å². The summed E-state index contributed by atoms with van der Waals surface area (Å²) in [6.45, 7) is 4.35. The Kier molecular flexibility index (Phi) is 5.87. The first-order valence-electron chi connectivity index (χ1n) is 5.08. The molecule has 0 aliphatic carbocycles. The molecular formula is C10H18BrN3. The van der Waals surface area contributed by atoms with Gasteiger partial charge in [0.2, 0.25) is 0 Å². The highest BCUT2D eigenvalue weighted by atomic mass is 79.9. The number of imidazole rings is 1. The molecule has 80 valence electrons. The lowest BCUT2D eigenvalue weighted by atomic mass is 10.2. The number of halogens is 1. The lowest BCUT2D eigenvalue weighted by Crippen LogP contribution is -2.27. The second-order valence-electron chi connectivity index (χ2n) is 3.49. The van der Waals surface area contributed by atoms with Gasteiger partial charge < -0.3 is 9.88 Å². The van der Waals surface area contributed by atoms with Crippen molar-refractivity contribution in [2.45, 2.75) is 32.4 Å². The monoisotopic (exact) mass is 259 g/mol. The minimum Gasteiger partial charge on any atom is -0.337 e. The molecule has 0 aromatic carbocycles. The molecule has 1 N–H and O–H groups in total. The van der Waals surface area contributed by atoms with E-state index in [-0.39, 0.29) is 0 Å². The number of hydrogen-bond donors (Lipinski definition) is 1. The highest BCUT2D eigenvalue weighted by Crippen LogP contribution is 1.95. The van der Waals surface area contributed by atoms with Crippen molar-refractivity contribution in [3.05, 3.63) is 18.7 Å². The lowest BCUT2D eigenvalue weighted by Gasteiger charge is -2.11. The van der Waals surface area contributed by atoms with E-state index in [0.29, 0.717) is 6.04 Å². The van der Waals surface area contributed by atoms with Crippen LogP contribution in [0.1, 0.15) is 19.8 Å². The van der Waals surface area contributed by atoms with E-state index >= 15 is 0 Å². The molecule has 4 heteroatoms. The third-order valence-electron chi connectivity index (χ3n) is 2.19. The number of alkyl halides is 1. The number of hydrogen-bond acceptors (Lipinski definition) is 2. The number of aromatic nitrogens is 2. The molecule has 0 saturated carbocycles. The van der Waals surface area contributed by atoms with Gasteiger partial charge in [0.15, 0.2) is 0 Å². The fourth-order valence-corrected chi connectivity index (χ4v) is 1.98. The molecule has 14 heavy (non-hydrogen) atoms. The molecule has 1 aromatic rings. The molecule has 0 fully saturated rings. The standard InChI is InChI=1S/C10H18BrN3/c1-10(3-4-11)13-5-2-7-14-8-6-12-9-14/h6,8-10,13H,2-5,7H2,1H3. The zero-order valence-corrected chi connectivity index (χ0v) is 10.2. The Morgan fingerprint density at radius 3 is 3.07 bits per heavy atom.